The summed E-state index contributed by atoms with van der Waals surface area (Å²) in [5, 5.41) is 3.09. The molecule has 3 amide bonds. The van der Waals surface area contributed by atoms with E-state index in [1.165, 1.54) is 6.42 Å². The minimum Gasteiger partial charge on any atom is -0.444 e. The molecule has 0 saturated carbocycles. The minimum absolute atomic E-state index is 0.0665. The van der Waals surface area contributed by atoms with Crippen molar-refractivity contribution in [3.05, 3.63) is 0 Å². The second-order valence-electron chi connectivity index (χ2n) is 8.14. The van der Waals surface area contributed by atoms with Crippen LogP contribution in [0.3, 0.4) is 0 Å². The predicted octanol–water partition coefficient (Wildman–Crippen LogP) is 3.22. The molecule has 2 aliphatic rings. The lowest BCUT2D eigenvalue weighted by molar-refractivity contribution is 0.0184. The van der Waals surface area contributed by atoms with Gasteiger partial charge in [0.2, 0.25) is 0 Å². The summed E-state index contributed by atoms with van der Waals surface area (Å²) in [5.41, 5.74) is -0.451. The van der Waals surface area contributed by atoms with Gasteiger partial charge in [-0.2, -0.15) is 0 Å². The molecule has 2 heterocycles. The molecule has 6 nitrogen and oxygen atoms in total. The summed E-state index contributed by atoms with van der Waals surface area (Å²) >= 11 is 0. The van der Waals surface area contributed by atoms with E-state index in [-0.39, 0.29) is 12.1 Å². The molecule has 24 heavy (non-hydrogen) atoms. The lowest BCUT2D eigenvalue weighted by Gasteiger charge is -2.35. The Kier molecular flexibility index (Phi) is 6.35. The molecular weight excluding hydrogens is 306 g/mol. The third kappa shape index (κ3) is 5.56. The van der Waals surface area contributed by atoms with E-state index in [9.17, 15) is 9.59 Å². The number of amides is 3. The SMILES string of the molecule is CC1CCCCN1C(=O)NCC1CCN(C(=O)OC(C)(C)C)CC1. The van der Waals surface area contributed by atoms with Crippen molar-refractivity contribution in [2.75, 3.05) is 26.2 Å². The van der Waals surface area contributed by atoms with Crippen LogP contribution in [-0.4, -0.2) is 59.7 Å². The monoisotopic (exact) mass is 339 g/mol. The number of nitrogens with zero attached hydrogens (tertiary/aromatic N) is 2. The molecule has 1 atom stereocenters. The summed E-state index contributed by atoms with van der Waals surface area (Å²) < 4.78 is 5.41. The highest BCUT2D eigenvalue weighted by Crippen LogP contribution is 2.20. The van der Waals surface area contributed by atoms with Gasteiger partial charge >= 0.3 is 12.1 Å². The van der Waals surface area contributed by atoms with Crippen molar-refractivity contribution in [2.45, 2.75) is 71.4 Å². The molecule has 0 aromatic rings. The number of urea groups is 1. The van der Waals surface area contributed by atoms with Gasteiger partial charge in [-0.05, 0) is 65.7 Å². The van der Waals surface area contributed by atoms with E-state index in [1.807, 2.05) is 25.7 Å². The Morgan fingerprint density at radius 3 is 2.33 bits per heavy atom. The Morgan fingerprint density at radius 2 is 1.75 bits per heavy atom. The average Bonchev–Trinajstić information content (AvgIpc) is 2.52. The summed E-state index contributed by atoms with van der Waals surface area (Å²) in [6.07, 6.45) is 5.01. The van der Waals surface area contributed by atoms with Crippen molar-refractivity contribution in [1.29, 1.82) is 0 Å². The largest absolute Gasteiger partial charge is 0.444 e. The first-order valence-electron chi connectivity index (χ1n) is 9.28. The predicted molar refractivity (Wildman–Crippen MR) is 93.9 cm³/mol. The Bertz CT molecular complexity index is 439. The lowest BCUT2D eigenvalue weighted by Crippen LogP contribution is -2.49. The van der Waals surface area contributed by atoms with Crippen molar-refractivity contribution in [1.82, 2.24) is 15.1 Å². The Balaban J connectivity index is 1.69. The van der Waals surface area contributed by atoms with E-state index in [4.69, 9.17) is 4.74 Å². The van der Waals surface area contributed by atoms with Gasteiger partial charge in [0.25, 0.3) is 0 Å². The molecule has 0 bridgehead atoms. The first-order chi connectivity index (χ1) is 11.3. The number of likely N-dealkylation sites (tertiary alicyclic amines) is 2. The highest BCUT2D eigenvalue weighted by atomic mass is 16.6. The molecule has 2 aliphatic heterocycles. The highest BCUT2D eigenvalue weighted by Gasteiger charge is 2.28. The highest BCUT2D eigenvalue weighted by molar-refractivity contribution is 5.74. The molecule has 1 N–H and O–H groups in total. The molecule has 138 valence electrons. The van der Waals surface area contributed by atoms with Crippen LogP contribution in [0.25, 0.3) is 0 Å². The number of piperidine rings is 2. The van der Waals surface area contributed by atoms with Gasteiger partial charge in [-0.15, -0.1) is 0 Å². The average molecular weight is 339 g/mol. The molecule has 1 unspecified atom stereocenters. The lowest BCUT2D eigenvalue weighted by atomic mass is 9.97. The van der Waals surface area contributed by atoms with E-state index >= 15 is 0 Å². The van der Waals surface area contributed by atoms with Crippen molar-refractivity contribution in [2.24, 2.45) is 5.92 Å². The Morgan fingerprint density at radius 1 is 1.08 bits per heavy atom. The molecule has 2 fully saturated rings. The van der Waals surface area contributed by atoms with Crippen molar-refractivity contribution >= 4 is 12.1 Å². The van der Waals surface area contributed by atoms with Gasteiger partial charge in [0.15, 0.2) is 0 Å². The summed E-state index contributed by atoms with van der Waals surface area (Å²) in [6, 6.07) is 0.407. The summed E-state index contributed by atoms with van der Waals surface area (Å²) in [7, 11) is 0. The molecule has 0 aromatic carbocycles. The second-order valence-corrected chi connectivity index (χ2v) is 8.14. The number of ether oxygens (including phenoxy) is 1. The van der Waals surface area contributed by atoms with Crippen LogP contribution in [0.5, 0.6) is 0 Å². The van der Waals surface area contributed by atoms with Crippen molar-refractivity contribution in [3.8, 4) is 0 Å². The van der Waals surface area contributed by atoms with Crippen LogP contribution < -0.4 is 5.32 Å². The van der Waals surface area contributed by atoms with Crippen LogP contribution in [0.15, 0.2) is 0 Å². The number of hydrogen-bond acceptors (Lipinski definition) is 3. The van der Waals surface area contributed by atoms with Crippen molar-refractivity contribution in [3.63, 3.8) is 0 Å². The van der Waals surface area contributed by atoms with Crippen LogP contribution >= 0.6 is 0 Å². The zero-order valence-corrected chi connectivity index (χ0v) is 15.6. The van der Waals surface area contributed by atoms with Gasteiger partial charge in [-0.25, -0.2) is 9.59 Å². The van der Waals surface area contributed by atoms with Gasteiger partial charge in [0, 0.05) is 32.2 Å². The Hall–Kier alpha value is -1.46. The van der Waals surface area contributed by atoms with Crippen LogP contribution in [0.2, 0.25) is 0 Å². The smallest absolute Gasteiger partial charge is 0.410 e. The van der Waals surface area contributed by atoms with Gasteiger partial charge in [0.05, 0.1) is 0 Å². The number of carbonyl (C=O) groups excluding carboxylic acids is 2. The normalized spacial score (nSPS) is 23.1. The van der Waals surface area contributed by atoms with E-state index in [0.717, 1.165) is 32.2 Å². The third-order valence-electron chi connectivity index (χ3n) is 4.87. The topological polar surface area (TPSA) is 61.9 Å². The van der Waals surface area contributed by atoms with E-state index in [0.29, 0.717) is 31.6 Å². The van der Waals surface area contributed by atoms with Crippen LogP contribution in [-0.2, 0) is 4.74 Å². The molecule has 0 spiro atoms. The number of nitrogens with one attached hydrogen (secondary N) is 1. The number of hydrogen-bond donors (Lipinski definition) is 1. The Labute approximate surface area is 145 Å². The van der Waals surface area contributed by atoms with Crippen LogP contribution in [0.1, 0.15) is 59.8 Å². The molecule has 0 aromatic heterocycles. The first kappa shape index (κ1) is 18.9. The van der Waals surface area contributed by atoms with Gasteiger partial charge in [0.1, 0.15) is 5.60 Å². The summed E-state index contributed by atoms with van der Waals surface area (Å²) in [4.78, 5) is 28.1. The molecular formula is C18H33N3O3. The fourth-order valence-corrected chi connectivity index (χ4v) is 3.38. The molecule has 6 heteroatoms. The zero-order chi connectivity index (χ0) is 17.7. The third-order valence-corrected chi connectivity index (χ3v) is 4.87. The summed E-state index contributed by atoms with van der Waals surface area (Å²) in [6.45, 7) is 10.7. The molecule has 2 saturated heterocycles. The van der Waals surface area contributed by atoms with Crippen LogP contribution in [0.4, 0.5) is 9.59 Å². The van der Waals surface area contributed by atoms with Gasteiger partial charge in [-0.3, -0.25) is 0 Å². The molecule has 0 radical (unpaired) electrons. The minimum atomic E-state index is -0.451. The number of carbonyl (C=O) groups is 2. The van der Waals surface area contributed by atoms with E-state index < -0.39 is 5.60 Å². The standard InChI is InChI=1S/C18H33N3O3/c1-14-7-5-6-10-21(14)16(22)19-13-15-8-11-20(12-9-15)17(23)24-18(2,3)4/h14-15H,5-13H2,1-4H3,(H,19,22). The molecule has 0 aliphatic carbocycles. The van der Waals surface area contributed by atoms with Gasteiger partial charge < -0.3 is 19.9 Å². The molecule has 2 rings (SSSR count). The fraction of sp³-hybridized carbons (Fsp3) is 0.889. The fourth-order valence-electron chi connectivity index (χ4n) is 3.38. The number of rotatable bonds is 2. The van der Waals surface area contributed by atoms with E-state index in [2.05, 4.69) is 12.2 Å². The quantitative estimate of drug-likeness (QED) is 0.840. The first-order valence-corrected chi connectivity index (χ1v) is 9.28. The zero-order valence-electron chi connectivity index (χ0n) is 15.6. The maximum atomic E-state index is 12.3. The van der Waals surface area contributed by atoms with Crippen molar-refractivity contribution < 1.29 is 14.3 Å². The second kappa shape index (κ2) is 8.08. The maximum Gasteiger partial charge on any atom is 0.410 e. The maximum absolute atomic E-state index is 12.3. The summed E-state index contributed by atoms with van der Waals surface area (Å²) in [5.74, 6) is 0.438. The van der Waals surface area contributed by atoms with Gasteiger partial charge in [-0.1, -0.05) is 0 Å². The van der Waals surface area contributed by atoms with Crippen LogP contribution in [0, 0.1) is 5.92 Å². The van der Waals surface area contributed by atoms with E-state index in [1.54, 1.807) is 4.90 Å².